The lowest BCUT2D eigenvalue weighted by molar-refractivity contribution is -0.147. The van der Waals surface area contributed by atoms with Crippen molar-refractivity contribution in [3.63, 3.8) is 0 Å². The number of ether oxygens (including phenoxy) is 1. The highest BCUT2D eigenvalue weighted by atomic mass is 79.9. The molecule has 4 heteroatoms. The fourth-order valence-electron chi connectivity index (χ4n) is 2.57. The number of carboxylic acids is 1. The Morgan fingerprint density at radius 3 is 2.56 bits per heavy atom. The minimum absolute atomic E-state index is 0.706. The maximum Gasteiger partial charge on any atom is 0.314 e. The molecule has 0 amide bonds. The summed E-state index contributed by atoms with van der Waals surface area (Å²) in [6, 6.07) is 3.82. The number of halogens is 1. The third-order valence-corrected chi connectivity index (χ3v) is 4.60. The monoisotopic (exact) mass is 312 g/mol. The summed E-state index contributed by atoms with van der Waals surface area (Å²) in [7, 11) is 1.62. The summed E-state index contributed by atoms with van der Waals surface area (Å²) in [4.78, 5) is 11.5. The number of aliphatic carboxylic acids is 1. The number of hydrogen-bond acceptors (Lipinski definition) is 2. The van der Waals surface area contributed by atoms with E-state index >= 15 is 0 Å². The van der Waals surface area contributed by atoms with Crippen molar-refractivity contribution in [2.24, 2.45) is 0 Å². The number of hydrogen-bond donors (Lipinski definition) is 1. The fraction of sp³-hybridized carbons (Fsp3) is 0.500. The SMILES string of the molecule is CCc1c(Br)cc(C2(C(=O)O)CCC2)cc1OC. The lowest BCUT2D eigenvalue weighted by Gasteiger charge is -2.38. The molecule has 0 bridgehead atoms. The smallest absolute Gasteiger partial charge is 0.314 e. The van der Waals surface area contributed by atoms with E-state index in [1.165, 1.54) is 0 Å². The predicted octanol–water partition coefficient (Wildman–Crippen LogP) is 3.53. The first kappa shape index (κ1) is 13.4. The van der Waals surface area contributed by atoms with E-state index in [2.05, 4.69) is 22.9 Å². The van der Waals surface area contributed by atoms with Crippen molar-refractivity contribution in [3.05, 3.63) is 27.7 Å². The average Bonchev–Trinajstić information content (AvgIpc) is 2.26. The third kappa shape index (κ3) is 1.92. The summed E-state index contributed by atoms with van der Waals surface area (Å²) >= 11 is 3.52. The molecular formula is C14H17BrO3. The number of carboxylic acid groups (broad SMARTS) is 1. The van der Waals surface area contributed by atoms with Crippen LogP contribution in [0.3, 0.4) is 0 Å². The molecule has 1 aromatic rings. The number of benzene rings is 1. The number of carbonyl (C=O) groups is 1. The van der Waals surface area contributed by atoms with E-state index in [0.29, 0.717) is 12.8 Å². The summed E-state index contributed by atoms with van der Waals surface area (Å²) in [6.45, 7) is 2.05. The van der Waals surface area contributed by atoms with Crippen molar-refractivity contribution < 1.29 is 14.6 Å². The van der Waals surface area contributed by atoms with E-state index in [0.717, 1.165) is 34.2 Å². The van der Waals surface area contributed by atoms with Crippen LogP contribution < -0.4 is 4.74 Å². The molecule has 98 valence electrons. The Labute approximate surface area is 115 Å². The van der Waals surface area contributed by atoms with E-state index in [1.54, 1.807) is 7.11 Å². The van der Waals surface area contributed by atoms with Crippen LogP contribution >= 0.6 is 15.9 Å². The number of rotatable bonds is 4. The van der Waals surface area contributed by atoms with Gasteiger partial charge in [0.05, 0.1) is 12.5 Å². The van der Waals surface area contributed by atoms with Gasteiger partial charge in [-0.05, 0) is 37.0 Å². The lowest BCUT2D eigenvalue weighted by Crippen LogP contribution is -2.42. The second kappa shape index (κ2) is 4.92. The molecule has 0 spiro atoms. The molecule has 18 heavy (non-hydrogen) atoms. The highest BCUT2D eigenvalue weighted by Gasteiger charge is 2.46. The van der Waals surface area contributed by atoms with Crippen LogP contribution in [0.4, 0.5) is 0 Å². The molecule has 1 N–H and O–H groups in total. The van der Waals surface area contributed by atoms with E-state index in [-0.39, 0.29) is 0 Å². The quantitative estimate of drug-likeness (QED) is 0.925. The standard InChI is InChI=1S/C14H17BrO3/c1-3-10-11(15)7-9(8-12(10)18-2)14(13(16)17)5-4-6-14/h7-8H,3-6H2,1-2H3,(H,16,17). The van der Waals surface area contributed by atoms with Gasteiger partial charge in [-0.15, -0.1) is 0 Å². The van der Waals surface area contributed by atoms with Crippen molar-refractivity contribution >= 4 is 21.9 Å². The van der Waals surface area contributed by atoms with Gasteiger partial charge in [0.1, 0.15) is 5.75 Å². The fourth-order valence-corrected chi connectivity index (χ4v) is 3.29. The molecule has 0 unspecified atom stereocenters. The minimum atomic E-state index is -0.730. The molecule has 1 fully saturated rings. The van der Waals surface area contributed by atoms with Gasteiger partial charge >= 0.3 is 5.97 Å². The van der Waals surface area contributed by atoms with Crippen molar-refractivity contribution in [3.8, 4) is 5.75 Å². The summed E-state index contributed by atoms with van der Waals surface area (Å²) in [5.74, 6) is 0.0429. The van der Waals surface area contributed by atoms with Crippen molar-refractivity contribution in [2.45, 2.75) is 38.0 Å². The second-order valence-electron chi connectivity index (χ2n) is 4.73. The topological polar surface area (TPSA) is 46.5 Å². The number of methoxy groups -OCH3 is 1. The molecule has 3 nitrogen and oxygen atoms in total. The Hall–Kier alpha value is -1.03. The van der Waals surface area contributed by atoms with Crippen LogP contribution in [0, 0.1) is 0 Å². The molecule has 2 rings (SSSR count). The zero-order chi connectivity index (χ0) is 13.3. The van der Waals surface area contributed by atoms with Crippen LogP contribution in [0.5, 0.6) is 5.75 Å². The van der Waals surface area contributed by atoms with Gasteiger partial charge in [-0.2, -0.15) is 0 Å². The summed E-state index contributed by atoms with van der Waals surface area (Å²) in [5, 5.41) is 9.46. The average molecular weight is 313 g/mol. The molecular weight excluding hydrogens is 296 g/mol. The van der Waals surface area contributed by atoms with Gasteiger partial charge in [-0.1, -0.05) is 29.3 Å². The van der Waals surface area contributed by atoms with Gasteiger partial charge in [-0.3, -0.25) is 4.79 Å². The third-order valence-electron chi connectivity index (χ3n) is 3.90. The van der Waals surface area contributed by atoms with E-state index < -0.39 is 11.4 Å². The molecule has 1 aliphatic rings. The first-order valence-corrected chi connectivity index (χ1v) is 6.94. The Morgan fingerprint density at radius 1 is 1.50 bits per heavy atom. The normalized spacial score (nSPS) is 17.1. The molecule has 0 saturated heterocycles. The Kier molecular flexibility index (Phi) is 3.66. The Bertz CT molecular complexity index is 478. The molecule has 0 radical (unpaired) electrons. The summed E-state index contributed by atoms with van der Waals surface area (Å²) in [5.41, 5.74) is 1.23. The molecule has 1 aliphatic carbocycles. The maximum absolute atomic E-state index is 11.5. The van der Waals surface area contributed by atoms with Crippen LogP contribution in [0.25, 0.3) is 0 Å². The van der Waals surface area contributed by atoms with Gasteiger partial charge < -0.3 is 9.84 Å². The van der Waals surface area contributed by atoms with Gasteiger partial charge in [0.25, 0.3) is 0 Å². The summed E-state index contributed by atoms with van der Waals surface area (Å²) < 4.78 is 6.32. The van der Waals surface area contributed by atoms with Crippen molar-refractivity contribution in [1.82, 2.24) is 0 Å². The van der Waals surface area contributed by atoms with Gasteiger partial charge in [0.15, 0.2) is 0 Å². The molecule has 0 atom stereocenters. The first-order chi connectivity index (χ1) is 8.55. The first-order valence-electron chi connectivity index (χ1n) is 6.15. The van der Waals surface area contributed by atoms with Crippen molar-refractivity contribution in [1.29, 1.82) is 0 Å². The molecule has 0 heterocycles. The molecule has 0 aliphatic heterocycles. The van der Waals surface area contributed by atoms with Crippen LogP contribution in [-0.4, -0.2) is 18.2 Å². The Morgan fingerprint density at radius 2 is 2.17 bits per heavy atom. The molecule has 1 saturated carbocycles. The Balaban J connectivity index is 2.52. The van der Waals surface area contributed by atoms with Crippen LogP contribution in [0.2, 0.25) is 0 Å². The van der Waals surface area contributed by atoms with Crippen molar-refractivity contribution in [2.75, 3.05) is 7.11 Å². The van der Waals surface area contributed by atoms with Gasteiger partial charge in [0, 0.05) is 10.0 Å². The molecule has 0 aromatic heterocycles. The van der Waals surface area contributed by atoms with Crippen LogP contribution in [0.1, 0.15) is 37.3 Å². The maximum atomic E-state index is 11.5. The summed E-state index contributed by atoms with van der Waals surface area (Å²) in [6.07, 6.45) is 3.25. The predicted molar refractivity (Wildman–Crippen MR) is 73.2 cm³/mol. The molecule has 1 aromatic carbocycles. The highest BCUT2D eigenvalue weighted by molar-refractivity contribution is 9.10. The minimum Gasteiger partial charge on any atom is -0.496 e. The van der Waals surface area contributed by atoms with Gasteiger partial charge in [-0.25, -0.2) is 0 Å². The lowest BCUT2D eigenvalue weighted by atomic mass is 9.64. The zero-order valence-electron chi connectivity index (χ0n) is 10.6. The van der Waals surface area contributed by atoms with E-state index in [1.807, 2.05) is 12.1 Å². The zero-order valence-corrected chi connectivity index (χ0v) is 12.2. The van der Waals surface area contributed by atoms with Crippen LogP contribution in [-0.2, 0) is 16.6 Å². The van der Waals surface area contributed by atoms with E-state index in [4.69, 9.17) is 4.74 Å². The van der Waals surface area contributed by atoms with E-state index in [9.17, 15) is 9.90 Å². The largest absolute Gasteiger partial charge is 0.496 e. The van der Waals surface area contributed by atoms with Gasteiger partial charge in [0.2, 0.25) is 0 Å². The van der Waals surface area contributed by atoms with Crippen LogP contribution in [0.15, 0.2) is 16.6 Å². The second-order valence-corrected chi connectivity index (χ2v) is 5.59. The highest BCUT2D eigenvalue weighted by Crippen LogP contribution is 2.46.